The summed E-state index contributed by atoms with van der Waals surface area (Å²) in [5.74, 6) is -0.541. The zero-order chi connectivity index (χ0) is 28.0. The molecule has 0 bridgehead atoms. The van der Waals surface area contributed by atoms with E-state index in [1.54, 1.807) is 26.0 Å². The van der Waals surface area contributed by atoms with E-state index in [1.807, 2.05) is 6.07 Å². The maximum Gasteiger partial charge on any atom is 0.256 e. The molecule has 3 rings (SSSR count). The molecule has 0 saturated heterocycles. The van der Waals surface area contributed by atoms with Gasteiger partial charge in [0.15, 0.2) is 0 Å². The molecule has 1 aliphatic rings. The van der Waals surface area contributed by atoms with Crippen molar-refractivity contribution in [2.24, 2.45) is 0 Å². The Morgan fingerprint density at radius 3 is 2.32 bits per heavy atom. The van der Waals surface area contributed by atoms with E-state index in [2.05, 4.69) is 29.3 Å². The first-order valence-corrected chi connectivity index (χ1v) is 14.4. The lowest BCUT2D eigenvalue weighted by atomic mass is 10.00. The number of carbonyl (C=O) groups is 2. The van der Waals surface area contributed by atoms with Gasteiger partial charge in [0.2, 0.25) is 15.9 Å². The smallest absolute Gasteiger partial charge is 0.256 e. The molecule has 11 heteroatoms. The Balaban J connectivity index is 1.54. The van der Waals surface area contributed by atoms with Crippen molar-refractivity contribution >= 4 is 33.6 Å². The third-order valence-electron chi connectivity index (χ3n) is 6.85. The largest absolute Gasteiger partial charge is 0.497 e. The molecular weight excluding hydrogens is 528 g/mol. The molecule has 2 amide bonds. The zero-order valence-electron chi connectivity index (χ0n) is 22.7. The fourth-order valence-corrected chi connectivity index (χ4v) is 6.41. The number of hydrogen-bond acceptors (Lipinski definition) is 6. The van der Waals surface area contributed by atoms with Gasteiger partial charge in [0.1, 0.15) is 5.75 Å². The van der Waals surface area contributed by atoms with Gasteiger partial charge in [0.25, 0.3) is 5.91 Å². The number of ether oxygens (including phenoxy) is 1. The lowest BCUT2D eigenvalue weighted by Crippen LogP contribution is -2.42. The number of benzene rings is 2. The standard InChI is InChI=1S/C27H37ClN4O5S/c1-6-31-11-9-22-8-7-21(15-23(22)10-12-31)17-32(28)26(34)16-29-25(33)18-30(4)38(35,36)27-19(2)13-24(37-5)14-20(27)3/h7-8,13-15H,6,9-12,16-18H2,1-5H3,(H,29,33). The number of nitrogens with zero attached hydrogens (tertiary/aromatic N) is 3. The molecule has 1 heterocycles. The molecule has 1 aliphatic heterocycles. The molecule has 38 heavy (non-hydrogen) atoms. The van der Waals surface area contributed by atoms with Crippen LogP contribution in [0.2, 0.25) is 0 Å². The Morgan fingerprint density at radius 2 is 1.71 bits per heavy atom. The number of carbonyl (C=O) groups excluding carboxylic acids is 2. The predicted octanol–water partition coefficient (Wildman–Crippen LogP) is 2.65. The second-order valence-electron chi connectivity index (χ2n) is 9.58. The first kappa shape index (κ1) is 29.9. The topological polar surface area (TPSA) is 99.3 Å². The Labute approximate surface area is 230 Å². The molecule has 0 atom stereocenters. The van der Waals surface area contributed by atoms with Gasteiger partial charge in [-0.2, -0.15) is 4.31 Å². The van der Waals surface area contributed by atoms with Crippen LogP contribution in [0.5, 0.6) is 5.75 Å². The van der Waals surface area contributed by atoms with Gasteiger partial charge in [-0.15, -0.1) is 0 Å². The second kappa shape index (κ2) is 12.9. The highest BCUT2D eigenvalue weighted by Crippen LogP contribution is 2.27. The number of amides is 2. The highest BCUT2D eigenvalue weighted by Gasteiger charge is 2.27. The molecule has 2 aromatic carbocycles. The van der Waals surface area contributed by atoms with E-state index in [1.165, 1.54) is 25.3 Å². The summed E-state index contributed by atoms with van der Waals surface area (Å²) in [4.78, 5) is 27.6. The van der Waals surface area contributed by atoms with Crippen LogP contribution < -0.4 is 10.1 Å². The minimum absolute atomic E-state index is 0.125. The highest BCUT2D eigenvalue weighted by molar-refractivity contribution is 7.89. The lowest BCUT2D eigenvalue weighted by Gasteiger charge is -2.20. The number of hydrogen-bond donors (Lipinski definition) is 1. The zero-order valence-corrected chi connectivity index (χ0v) is 24.3. The summed E-state index contributed by atoms with van der Waals surface area (Å²) in [5.41, 5.74) is 4.55. The van der Waals surface area contributed by atoms with Crippen molar-refractivity contribution in [3.8, 4) is 5.75 Å². The van der Waals surface area contributed by atoms with Crippen LogP contribution in [0.3, 0.4) is 0 Å². The maximum absolute atomic E-state index is 13.1. The molecule has 0 fully saturated rings. The van der Waals surface area contributed by atoms with Gasteiger partial charge in [-0.05, 0) is 73.2 Å². The summed E-state index contributed by atoms with van der Waals surface area (Å²) in [6.07, 6.45) is 1.95. The molecule has 0 radical (unpaired) electrons. The van der Waals surface area contributed by atoms with E-state index in [-0.39, 0.29) is 18.0 Å². The first-order chi connectivity index (χ1) is 18.0. The Hall–Kier alpha value is -2.66. The van der Waals surface area contributed by atoms with Gasteiger partial charge in [-0.25, -0.2) is 12.8 Å². The number of methoxy groups -OCH3 is 1. The van der Waals surface area contributed by atoms with E-state index in [0.29, 0.717) is 16.9 Å². The molecular formula is C27H37ClN4O5S. The van der Waals surface area contributed by atoms with Gasteiger partial charge >= 0.3 is 0 Å². The summed E-state index contributed by atoms with van der Waals surface area (Å²) in [6, 6.07) is 9.43. The van der Waals surface area contributed by atoms with Crippen LogP contribution in [0.15, 0.2) is 35.2 Å². The Morgan fingerprint density at radius 1 is 1.08 bits per heavy atom. The normalized spacial score (nSPS) is 14.1. The molecule has 9 nitrogen and oxygen atoms in total. The average molecular weight is 565 g/mol. The number of halogens is 1. The third-order valence-corrected chi connectivity index (χ3v) is 9.26. The summed E-state index contributed by atoms with van der Waals surface area (Å²) in [7, 11) is -1.10. The minimum Gasteiger partial charge on any atom is -0.497 e. The van der Waals surface area contributed by atoms with Gasteiger partial charge in [-0.1, -0.05) is 25.1 Å². The highest BCUT2D eigenvalue weighted by atomic mass is 35.5. The van der Waals surface area contributed by atoms with E-state index in [4.69, 9.17) is 16.5 Å². The van der Waals surface area contributed by atoms with Crippen LogP contribution in [0.4, 0.5) is 0 Å². The molecule has 1 N–H and O–H groups in total. The quantitative estimate of drug-likeness (QED) is 0.445. The monoisotopic (exact) mass is 564 g/mol. The summed E-state index contributed by atoms with van der Waals surface area (Å²) in [5, 5.41) is 2.47. The van der Waals surface area contributed by atoms with Gasteiger partial charge in [0, 0.05) is 31.9 Å². The van der Waals surface area contributed by atoms with Crippen LogP contribution in [-0.2, 0) is 39.0 Å². The van der Waals surface area contributed by atoms with E-state index < -0.39 is 28.4 Å². The second-order valence-corrected chi connectivity index (χ2v) is 12.0. The van der Waals surface area contributed by atoms with Crippen LogP contribution in [0, 0.1) is 13.8 Å². The molecule has 0 spiro atoms. The van der Waals surface area contributed by atoms with Crippen LogP contribution in [-0.4, -0.2) is 80.7 Å². The minimum atomic E-state index is -3.94. The van der Waals surface area contributed by atoms with Gasteiger partial charge in [0.05, 0.1) is 31.6 Å². The van der Waals surface area contributed by atoms with Crippen molar-refractivity contribution in [1.82, 2.24) is 18.9 Å². The summed E-state index contributed by atoms with van der Waals surface area (Å²) in [6.45, 7) is 8.00. The van der Waals surface area contributed by atoms with E-state index in [0.717, 1.165) is 46.8 Å². The number of nitrogens with one attached hydrogen (secondary N) is 1. The number of aryl methyl sites for hydroxylation is 2. The van der Waals surface area contributed by atoms with Crippen molar-refractivity contribution in [2.45, 2.75) is 45.1 Å². The Bertz CT molecular complexity index is 1260. The van der Waals surface area contributed by atoms with Crippen molar-refractivity contribution in [3.63, 3.8) is 0 Å². The molecule has 2 aromatic rings. The molecule has 208 valence electrons. The van der Waals surface area contributed by atoms with E-state index >= 15 is 0 Å². The van der Waals surface area contributed by atoms with Gasteiger partial charge < -0.3 is 15.0 Å². The van der Waals surface area contributed by atoms with Crippen LogP contribution in [0.1, 0.15) is 34.7 Å². The summed E-state index contributed by atoms with van der Waals surface area (Å²) < 4.78 is 33.4. The van der Waals surface area contributed by atoms with Crippen molar-refractivity contribution in [3.05, 3.63) is 58.1 Å². The molecule has 0 aromatic heterocycles. The number of likely N-dealkylation sites (N-methyl/N-ethyl adjacent to an activating group) is 2. The third kappa shape index (κ3) is 7.25. The lowest BCUT2D eigenvalue weighted by molar-refractivity contribution is -0.129. The van der Waals surface area contributed by atoms with Crippen molar-refractivity contribution in [1.29, 1.82) is 0 Å². The van der Waals surface area contributed by atoms with Crippen molar-refractivity contribution in [2.75, 3.05) is 46.9 Å². The fourth-order valence-electron chi connectivity index (χ4n) is 4.68. The SMILES string of the molecule is CCN1CCc2ccc(CN(Cl)C(=O)CNC(=O)CN(C)S(=O)(=O)c3c(C)cc(OC)cc3C)cc2CC1. The molecule has 0 aliphatic carbocycles. The van der Waals surface area contributed by atoms with Crippen LogP contribution in [0.25, 0.3) is 0 Å². The molecule has 0 saturated carbocycles. The Kier molecular flexibility index (Phi) is 10.2. The average Bonchev–Trinajstić information content (AvgIpc) is 3.08. The molecule has 0 unspecified atom stereocenters. The fraction of sp³-hybridized carbons (Fsp3) is 0.481. The maximum atomic E-state index is 13.1. The number of rotatable bonds is 10. The predicted molar refractivity (Wildman–Crippen MR) is 148 cm³/mol. The van der Waals surface area contributed by atoms with Crippen LogP contribution >= 0.6 is 11.8 Å². The summed E-state index contributed by atoms with van der Waals surface area (Å²) >= 11 is 6.24. The number of fused-ring (bicyclic) bond motifs is 1. The van der Waals surface area contributed by atoms with Gasteiger partial charge in [-0.3, -0.25) is 9.59 Å². The van der Waals surface area contributed by atoms with E-state index in [9.17, 15) is 18.0 Å². The number of sulfonamides is 1. The van der Waals surface area contributed by atoms with Crippen molar-refractivity contribution < 1.29 is 22.7 Å². The first-order valence-electron chi connectivity index (χ1n) is 12.6.